The molecule has 0 aliphatic heterocycles. The van der Waals surface area contributed by atoms with Crippen molar-refractivity contribution >= 4 is 43.5 Å². The Balaban J connectivity index is 1.78. The third kappa shape index (κ3) is 3.48. The average molecular weight is 421 g/mol. The first-order valence-electron chi connectivity index (χ1n) is 6.54. The van der Waals surface area contributed by atoms with E-state index in [1.165, 1.54) is 0 Å². The van der Waals surface area contributed by atoms with Gasteiger partial charge in [0.25, 0.3) is 5.91 Å². The van der Waals surface area contributed by atoms with E-state index in [1.54, 1.807) is 12.1 Å². The highest BCUT2D eigenvalue weighted by atomic mass is 79.9. The van der Waals surface area contributed by atoms with Gasteiger partial charge in [0.05, 0.1) is 0 Å². The zero-order chi connectivity index (χ0) is 15.5. The van der Waals surface area contributed by atoms with Crippen LogP contribution in [-0.2, 0) is 0 Å². The van der Waals surface area contributed by atoms with E-state index in [4.69, 9.17) is 4.42 Å². The summed E-state index contributed by atoms with van der Waals surface area (Å²) in [6.07, 6.45) is 0. The molecule has 1 amide bonds. The number of halogens is 2. The predicted molar refractivity (Wildman–Crippen MR) is 93.9 cm³/mol. The smallest absolute Gasteiger partial charge is 0.291 e. The molecular formula is C17H11Br2NO2. The summed E-state index contributed by atoms with van der Waals surface area (Å²) in [7, 11) is 0. The maximum atomic E-state index is 12.2. The van der Waals surface area contributed by atoms with Crippen molar-refractivity contribution in [1.82, 2.24) is 0 Å². The first-order chi connectivity index (χ1) is 10.6. The summed E-state index contributed by atoms with van der Waals surface area (Å²) in [6, 6.07) is 18.6. The zero-order valence-corrected chi connectivity index (χ0v) is 14.5. The van der Waals surface area contributed by atoms with Crippen LogP contribution >= 0.6 is 31.9 Å². The van der Waals surface area contributed by atoms with Gasteiger partial charge in [-0.3, -0.25) is 4.79 Å². The molecule has 22 heavy (non-hydrogen) atoms. The van der Waals surface area contributed by atoms with Crippen molar-refractivity contribution in [3.63, 3.8) is 0 Å². The van der Waals surface area contributed by atoms with Crippen LogP contribution in [0, 0.1) is 0 Å². The minimum absolute atomic E-state index is 0.276. The molecule has 110 valence electrons. The lowest BCUT2D eigenvalue weighted by atomic mass is 10.2. The second-order valence-corrected chi connectivity index (χ2v) is 6.47. The molecule has 3 aromatic rings. The monoisotopic (exact) mass is 419 g/mol. The Kier molecular flexibility index (Phi) is 4.45. The minimum atomic E-state index is -0.276. The van der Waals surface area contributed by atoms with Gasteiger partial charge in [0.1, 0.15) is 5.76 Å². The molecule has 1 N–H and O–H groups in total. The Morgan fingerprint density at radius 3 is 2.41 bits per heavy atom. The predicted octanol–water partition coefficient (Wildman–Crippen LogP) is 5.72. The molecule has 3 rings (SSSR count). The van der Waals surface area contributed by atoms with Crippen LogP contribution in [0.2, 0.25) is 0 Å². The Morgan fingerprint density at radius 1 is 0.909 bits per heavy atom. The molecular weight excluding hydrogens is 410 g/mol. The lowest BCUT2D eigenvalue weighted by Gasteiger charge is -2.03. The number of hydrogen-bond donors (Lipinski definition) is 1. The van der Waals surface area contributed by atoms with Crippen molar-refractivity contribution in [3.8, 4) is 11.3 Å². The van der Waals surface area contributed by atoms with E-state index in [1.807, 2.05) is 48.5 Å². The molecule has 0 unspecified atom stereocenters. The van der Waals surface area contributed by atoms with Crippen LogP contribution in [0.15, 0.2) is 74.0 Å². The summed E-state index contributed by atoms with van der Waals surface area (Å²) in [6.45, 7) is 0. The highest BCUT2D eigenvalue weighted by Gasteiger charge is 2.12. The van der Waals surface area contributed by atoms with Gasteiger partial charge in [0, 0.05) is 20.2 Å². The number of benzene rings is 2. The Bertz CT molecular complexity index is 810. The van der Waals surface area contributed by atoms with Crippen molar-refractivity contribution in [2.45, 2.75) is 0 Å². The van der Waals surface area contributed by atoms with Gasteiger partial charge in [-0.05, 0) is 42.5 Å². The number of amides is 1. The molecule has 0 saturated carbocycles. The molecule has 0 spiro atoms. The van der Waals surface area contributed by atoms with E-state index in [9.17, 15) is 4.79 Å². The van der Waals surface area contributed by atoms with Gasteiger partial charge in [-0.2, -0.15) is 0 Å². The SMILES string of the molecule is O=C(Nc1cccc(Br)c1)c1ccc(-c2ccc(Br)cc2)o1. The Morgan fingerprint density at radius 2 is 1.68 bits per heavy atom. The molecule has 0 atom stereocenters. The summed E-state index contributed by atoms with van der Waals surface area (Å²) in [4.78, 5) is 12.2. The van der Waals surface area contributed by atoms with E-state index in [0.29, 0.717) is 11.4 Å². The standard InChI is InChI=1S/C17H11Br2NO2/c18-12-6-4-11(5-7-12)15-8-9-16(22-15)17(21)20-14-3-1-2-13(19)10-14/h1-10H,(H,20,21). The van der Waals surface area contributed by atoms with Crippen molar-refractivity contribution in [2.75, 3.05) is 5.32 Å². The van der Waals surface area contributed by atoms with Gasteiger partial charge in [-0.15, -0.1) is 0 Å². The molecule has 1 heterocycles. The average Bonchev–Trinajstić information content (AvgIpc) is 2.98. The number of anilines is 1. The van der Waals surface area contributed by atoms with Crippen LogP contribution in [0.4, 0.5) is 5.69 Å². The second kappa shape index (κ2) is 6.50. The summed E-state index contributed by atoms with van der Waals surface area (Å²) in [5.41, 5.74) is 1.63. The van der Waals surface area contributed by atoms with Crippen molar-refractivity contribution in [1.29, 1.82) is 0 Å². The largest absolute Gasteiger partial charge is 0.451 e. The summed E-state index contributed by atoms with van der Waals surface area (Å²) in [5.74, 6) is 0.659. The van der Waals surface area contributed by atoms with Crippen LogP contribution in [0.25, 0.3) is 11.3 Å². The van der Waals surface area contributed by atoms with Crippen LogP contribution in [-0.4, -0.2) is 5.91 Å². The molecule has 0 aliphatic rings. The van der Waals surface area contributed by atoms with E-state index in [-0.39, 0.29) is 11.7 Å². The maximum absolute atomic E-state index is 12.2. The Labute approximate surface area is 144 Å². The van der Waals surface area contributed by atoms with Gasteiger partial charge < -0.3 is 9.73 Å². The van der Waals surface area contributed by atoms with Crippen molar-refractivity contribution in [2.24, 2.45) is 0 Å². The van der Waals surface area contributed by atoms with Gasteiger partial charge in [0.2, 0.25) is 0 Å². The van der Waals surface area contributed by atoms with Crippen LogP contribution < -0.4 is 5.32 Å². The van der Waals surface area contributed by atoms with Crippen LogP contribution in [0.3, 0.4) is 0 Å². The number of furan rings is 1. The van der Waals surface area contributed by atoms with Gasteiger partial charge in [-0.25, -0.2) is 0 Å². The van der Waals surface area contributed by atoms with Gasteiger partial charge >= 0.3 is 0 Å². The number of carbonyl (C=O) groups excluding carboxylic acids is 1. The van der Waals surface area contributed by atoms with Crippen molar-refractivity contribution in [3.05, 3.63) is 75.4 Å². The molecule has 3 nitrogen and oxygen atoms in total. The van der Waals surface area contributed by atoms with E-state index < -0.39 is 0 Å². The number of nitrogens with one attached hydrogen (secondary N) is 1. The highest BCUT2D eigenvalue weighted by Crippen LogP contribution is 2.24. The quantitative estimate of drug-likeness (QED) is 0.588. The molecule has 0 aliphatic carbocycles. The van der Waals surface area contributed by atoms with Crippen molar-refractivity contribution < 1.29 is 9.21 Å². The summed E-state index contributed by atoms with van der Waals surface area (Å²) >= 11 is 6.76. The summed E-state index contributed by atoms with van der Waals surface area (Å²) < 4.78 is 7.53. The number of carbonyl (C=O) groups is 1. The van der Waals surface area contributed by atoms with E-state index >= 15 is 0 Å². The van der Waals surface area contributed by atoms with Gasteiger partial charge in [0.15, 0.2) is 5.76 Å². The fourth-order valence-corrected chi connectivity index (χ4v) is 2.65. The second-order valence-electron chi connectivity index (χ2n) is 4.64. The Hall–Kier alpha value is -1.85. The van der Waals surface area contributed by atoms with Crippen LogP contribution in [0.1, 0.15) is 10.6 Å². The van der Waals surface area contributed by atoms with E-state index in [0.717, 1.165) is 14.5 Å². The highest BCUT2D eigenvalue weighted by molar-refractivity contribution is 9.10. The zero-order valence-electron chi connectivity index (χ0n) is 11.3. The lowest BCUT2D eigenvalue weighted by Crippen LogP contribution is -2.10. The molecule has 0 radical (unpaired) electrons. The fourth-order valence-electron chi connectivity index (χ4n) is 1.99. The molecule has 0 fully saturated rings. The minimum Gasteiger partial charge on any atom is -0.451 e. The number of hydrogen-bond acceptors (Lipinski definition) is 2. The lowest BCUT2D eigenvalue weighted by molar-refractivity contribution is 0.0997. The van der Waals surface area contributed by atoms with Crippen LogP contribution in [0.5, 0.6) is 0 Å². The first kappa shape index (κ1) is 15.1. The molecule has 0 bridgehead atoms. The number of rotatable bonds is 3. The molecule has 2 aromatic carbocycles. The molecule has 1 aromatic heterocycles. The molecule has 5 heteroatoms. The third-order valence-corrected chi connectivity index (χ3v) is 4.06. The van der Waals surface area contributed by atoms with Gasteiger partial charge in [-0.1, -0.05) is 50.1 Å². The molecule has 0 saturated heterocycles. The summed E-state index contributed by atoms with van der Waals surface area (Å²) in [5, 5.41) is 2.80. The third-order valence-electron chi connectivity index (χ3n) is 3.04. The van der Waals surface area contributed by atoms with E-state index in [2.05, 4.69) is 37.2 Å². The normalized spacial score (nSPS) is 10.5. The topological polar surface area (TPSA) is 42.2 Å². The first-order valence-corrected chi connectivity index (χ1v) is 8.13. The maximum Gasteiger partial charge on any atom is 0.291 e. The fraction of sp³-hybridized carbons (Fsp3) is 0.